The van der Waals surface area contributed by atoms with Gasteiger partial charge in [0.05, 0.1) is 9.21 Å². The van der Waals surface area contributed by atoms with Gasteiger partial charge in [0.1, 0.15) is 0 Å². The molecular weight excluding hydrogens is 286 g/mol. The number of thiophene rings is 1. The zero-order valence-corrected chi connectivity index (χ0v) is 12.0. The van der Waals surface area contributed by atoms with E-state index in [1.54, 1.807) is 12.1 Å². The Morgan fingerprint density at radius 3 is 2.89 bits per heavy atom. The Kier molecular flexibility index (Phi) is 4.66. The third-order valence-corrected chi connectivity index (χ3v) is 4.40. The number of hydrogen-bond donors (Lipinski definition) is 2. The Labute approximate surface area is 120 Å². The maximum Gasteiger partial charge on any atom is 0.312 e. The van der Waals surface area contributed by atoms with Gasteiger partial charge >= 0.3 is 6.03 Å². The molecule has 2 rings (SSSR count). The molecule has 0 saturated carbocycles. The van der Waals surface area contributed by atoms with Crippen LogP contribution in [-0.4, -0.2) is 36.0 Å². The number of nitrogens with two attached hydrogens (primary N) is 1. The molecule has 1 aliphatic rings. The van der Waals surface area contributed by atoms with Crippen LogP contribution in [-0.2, 0) is 0 Å². The lowest BCUT2D eigenvalue weighted by Crippen LogP contribution is -2.50. The van der Waals surface area contributed by atoms with Gasteiger partial charge in [-0.3, -0.25) is 4.79 Å². The molecule has 7 heteroatoms. The summed E-state index contributed by atoms with van der Waals surface area (Å²) in [5.41, 5.74) is 5.08. The SMILES string of the molecule is NC(=O)NC[C@H]1CCCCN1C(=O)c1ccc(Cl)s1. The van der Waals surface area contributed by atoms with E-state index in [4.69, 9.17) is 17.3 Å². The van der Waals surface area contributed by atoms with E-state index >= 15 is 0 Å². The molecular formula is C12H16ClN3O2S. The number of carbonyl (C=O) groups is 2. The lowest BCUT2D eigenvalue weighted by Gasteiger charge is -2.35. The third-order valence-electron chi connectivity index (χ3n) is 3.18. The summed E-state index contributed by atoms with van der Waals surface area (Å²) in [5, 5.41) is 2.58. The summed E-state index contributed by atoms with van der Waals surface area (Å²) in [7, 11) is 0. The Balaban J connectivity index is 2.06. The van der Waals surface area contributed by atoms with Gasteiger partial charge < -0.3 is 16.0 Å². The molecule has 104 valence electrons. The van der Waals surface area contributed by atoms with Crippen LogP contribution in [0.1, 0.15) is 28.9 Å². The molecule has 0 radical (unpaired) electrons. The first kappa shape index (κ1) is 14.1. The monoisotopic (exact) mass is 301 g/mol. The number of piperidine rings is 1. The van der Waals surface area contributed by atoms with Gasteiger partial charge in [-0.1, -0.05) is 11.6 Å². The van der Waals surface area contributed by atoms with Crippen molar-refractivity contribution in [3.8, 4) is 0 Å². The van der Waals surface area contributed by atoms with Crippen molar-refractivity contribution < 1.29 is 9.59 Å². The summed E-state index contributed by atoms with van der Waals surface area (Å²) < 4.78 is 0.604. The van der Waals surface area contributed by atoms with Crippen molar-refractivity contribution in [2.75, 3.05) is 13.1 Å². The number of nitrogens with one attached hydrogen (secondary N) is 1. The molecule has 0 unspecified atom stereocenters. The smallest absolute Gasteiger partial charge is 0.312 e. The first-order chi connectivity index (χ1) is 9.08. The van der Waals surface area contributed by atoms with Gasteiger partial charge in [-0.25, -0.2) is 4.79 Å². The van der Waals surface area contributed by atoms with Gasteiger partial charge in [0.25, 0.3) is 5.91 Å². The number of amides is 3. The number of primary amides is 1. The fourth-order valence-electron chi connectivity index (χ4n) is 2.27. The minimum absolute atomic E-state index is 0.00891. The zero-order valence-electron chi connectivity index (χ0n) is 10.4. The molecule has 5 nitrogen and oxygen atoms in total. The molecule has 1 aromatic heterocycles. The van der Waals surface area contributed by atoms with E-state index in [2.05, 4.69) is 5.32 Å². The van der Waals surface area contributed by atoms with Gasteiger partial charge in [0.2, 0.25) is 0 Å². The van der Waals surface area contributed by atoms with Crippen LogP contribution in [0.25, 0.3) is 0 Å². The maximum atomic E-state index is 12.4. The van der Waals surface area contributed by atoms with Crippen molar-refractivity contribution in [2.45, 2.75) is 25.3 Å². The number of carbonyl (C=O) groups excluding carboxylic acids is 2. The zero-order chi connectivity index (χ0) is 13.8. The molecule has 0 spiro atoms. The average molecular weight is 302 g/mol. The second-order valence-electron chi connectivity index (χ2n) is 4.50. The molecule has 1 saturated heterocycles. The van der Waals surface area contributed by atoms with Crippen LogP contribution in [0.4, 0.5) is 4.79 Å². The molecule has 0 bridgehead atoms. The van der Waals surface area contributed by atoms with Crippen molar-refractivity contribution in [3.63, 3.8) is 0 Å². The molecule has 0 aliphatic carbocycles. The standard InChI is InChI=1S/C12H16ClN3O2S/c13-10-5-4-9(19-10)11(17)16-6-2-1-3-8(16)7-15-12(14)18/h4-5,8H,1-3,6-7H2,(H3,14,15,18)/t8-/m1/s1. The third kappa shape index (κ3) is 3.61. The van der Waals surface area contributed by atoms with E-state index < -0.39 is 6.03 Å². The summed E-state index contributed by atoms with van der Waals surface area (Å²) in [5.74, 6) is -0.0205. The van der Waals surface area contributed by atoms with Crippen LogP contribution in [0.15, 0.2) is 12.1 Å². The van der Waals surface area contributed by atoms with Crippen molar-refractivity contribution >= 4 is 34.9 Å². The first-order valence-corrected chi connectivity index (χ1v) is 7.37. The van der Waals surface area contributed by atoms with Crippen molar-refractivity contribution in [1.82, 2.24) is 10.2 Å². The topological polar surface area (TPSA) is 75.4 Å². The Bertz CT molecular complexity index is 477. The Morgan fingerprint density at radius 1 is 1.47 bits per heavy atom. The van der Waals surface area contributed by atoms with Crippen molar-refractivity contribution in [2.24, 2.45) is 5.73 Å². The quantitative estimate of drug-likeness (QED) is 0.896. The first-order valence-electron chi connectivity index (χ1n) is 6.17. The number of nitrogens with zero attached hydrogens (tertiary/aromatic N) is 1. The minimum atomic E-state index is -0.558. The molecule has 3 amide bonds. The molecule has 3 N–H and O–H groups in total. The number of likely N-dealkylation sites (tertiary alicyclic amines) is 1. The average Bonchev–Trinajstić information content (AvgIpc) is 2.82. The van der Waals surface area contributed by atoms with E-state index in [1.807, 2.05) is 4.90 Å². The lowest BCUT2D eigenvalue weighted by molar-refractivity contribution is 0.0620. The summed E-state index contributed by atoms with van der Waals surface area (Å²) in [4.78, 5) is 25.6. The van der Waals surface area contributed by atoms with Crippen LogP contribution in [0.2, 0.25) is 4.34 Å². The fraction of sp³-hybridized carbons (Fsp3) is 0.500. The summed E-state index contributed by atoms with van der Waals surface area (Å²) >= 11 is 7.13. The lowest BCUT2D eigenvalue weighted by atomic mass is 10.0. The number of rotatable bonds is 3. The summed E-state index contributed by atoms with van der Waals surface area (Å²) in [6, 6.07) is 2.91. The van der Waals surface area contributed by atoms with E-state index in [-0.39, 0.29) is 11.9 Å². The highest BCUT2D eigenvalue weighted by Gasteiger charge is 2.28. The molecule has 1 fully saturated rings. The predicted molar refractivity (Wildman–Crippen MR) is 75.6 cm³/mol. The summed E-state index contributed by atoms with van der Waals surface area (Å²) in [6.07, 6.45) is 2.92. The van der Waals surface area contributed by atoms with Gasteiger partial charge in [-0.15, -0.1) is 11.3 Å². The molecule has 2 heterocycles. The van der Waals surface area contributed by atoms with Gasteiger partial charge in [-0.05, 0) is 31.4 Å². The molecule has 1 atom stereocenters. The van der Waals surface area contributed by atoms with E-state index in [1.165, 1.54) is 11.3 Å². The van der Waals surface area contributed by atoms with E-state index in [0.29, 0.717) is 22.3 Å². The van der Waals surface area contributed by atoms with Crippen LogP contribution >= 0.6 is 22.9 Å². The van der Waals surface area contributed by atoms with Gasteiger partial charge in [-0.2, -0.15) is 0 Å². The van der Waals surface area contributed by atoms with E-state index in [9.17, 15) is 9.59 Å². The fourth-order valence-corrected chi connectivity index (χ4v) is 3.27. The minimum Gasteiger partial charge on any atom is -0.352 e. The molecule has 0 aromatic carbocycles. The van der Waals surface area contributed by atoms with Crippen molar-refractivity contribution in [3.05, 3.63) is 21.3 Å². The van der Waals surface area contributed by atoms with Crippen LogP contribution in [0.5, 0.6) is 0 Å². The van der Waals surface area contributed by atoms with Gasteiger partial charge in [0, 0.05) is 19.1 Å². The number of urea groups is 1. The highest BCUT2D eigenvalue weighted by molar-refractivity contribution is 7.17. The van der Waals surface area contributed by atoms with Crippen LogP contribution in [0, 0.1) is 0 Å². The molecule has 19 heavy (non-hydrogen) atoms. The maximum absolute atomic E-state index is 12.4. The van der Waals surface area contributed by atoms with Crippen LogP contribution in [0.3, 0.4) is 0 Å². The van der Waals surface area contributed by atoms with Crippen LogP contribution < -0.4 is 11.1 Å². The molecule has 1 aromatic rings. The van der Waals surface area contributed by atoms with Gasteiger partial charge in [0.15, 0.2) is 0 Å². The number of hydrogen-bond acceptors (Lipinski definition) is 3. The number of halogens is 1. The predicted octanol–water partition coefficient (Wildman–Crippen LogP) is 2.06. The Hall–Kier alpha value is -1.27. The Morgan fingerprint density at radius 2 is 2.26 bits per heavy atom. The highest BCUT2D eigenvalue weighted by Crippen LogP contribution is 2.25. The highest BCUT2D eigenvalue weighted by atomic mass is 35.5. The largest absolute Gasteiger partial charge is 0.352 e. The van der Waals surface area contributed by atoms with Crippen molar-refractivity contribution in [1.29, 1.82) is 0 Å². The molecule has 1 aliphatic heterocycles. The van der Waals surface area contributed by atoms with E-state index in [0.717, 1.165) is 19.3 Å². The second-order valence-corrected chi connectivity index (χ2v) is 6.21. The normalized spacial score (nSPS) is 19.2. The summed E-state index contributed by atoms with van der Waals surface area (Å²) in [6.45, 7) is 1.11. The second kappa shape index (κ2) is 6.25.